The molecular weight excluding hydrogens is 236 g/mol. The lowest BCUT2D eigenvalue weighted by Gasteiger charge is -2.27. The minimum absolute atomic E-state index is 0.260. The third-order valence-electron chi connectivity index (χ3n) is 3.48. The maximum Gasteiger partial charge on any atom is 0.121 e. The van der Waals surface area contributed by atoms with Crippen LogP contribution in [0.3, 0.4) is 0 Å². The van der Waals surface area contributed by atoms with E-state index in [9.17, 15) is 5.11 Å². The van der Waals surface area contributed by atoms with E-state index in [-0.39, 0.29) is 5.75 Å². The van der Waals surface area contributed by atoms with Gasteiger partial charge in [-0.1, -0.05) is 17.7 Å². The SMILES string of the molecule is CN(Cc1c(O)cccc1Cl)C(CN)C1CC1. The van der Waals surface area contributed by atoms with Crippen LogP contribution >= 0.6 is 11.6 Å². The lowest BCUT2D eigenvalue weighted by atomic mass is 10.1. The van der Waals surface area contributed by atoms with Crippen molar-refractivity contribution in [3.8, 4) is 5.75 Å². The number of likely N-dealkylation sites (N-methyl/N-ethyl adjacent to an activating group) is 1. The van der Waals surface area contributed by atoms with Crippen molar-refractivity contribution in [2.24, 2.45) is 11.7 Å². The first kappa shape index (κ1) is 12.7. The molecule has 2 rings (SSSR count). The minimum Gasteiger partial charge on any atom is -0.508 e. The van der Waals surface area contributed by atoms with E-state index < -0.39 is 0 Å². The second-order valence-electron chi connectivity index (χ2n) is 4.79. The van der Waals surface area contributed by atoms with Gasteiger partial charge in [0.2, 0.25) is 0 Å². The molecule has 17 heavy (non-hydrogen) atoms. The molecule has 0 heterocycles. The summed E-state index contributed by atoms with van der Waals surface area (Å²) in [5.41, 5.74) is 6.59. The Morgan fingerprint density at radius 2 is 2.24 bits per heavy atom. The van der Waals surface area contributed by atoms with Gasteiger partial charge in [-0.05, 0) is 37.9 Å². The number of nitrogens with zero attached hydrogens (tertiary/aromatic N) is 1. The summed E-state index contributed by atoms with van der Waals surface area (Å²) in [6.45, 7) is 1.30. The van der Waals surface area contributed by atoms with E-state index in [0.29, 0.717) is 24.2 Å². The molecule has 1 saturated carbocycles. The molecule has 1 aliphatic carbocycles. The van der Waals surface area contributed by atoms with Crippen molar-refractivity contribution < 1.29 is 5.11 Å². The molecule has 1 fully saturated rings. The van der Waals surface area contributed by atoms with Gasteiger partial charge in [0.05, 0.1) is 0 Å². The average molecular weight is 255 g/mol. The lowest BCUT2D eigenvalue weighted by molar-refractivity contribution is 0.213. The highest BCUT2D eigenvalue weighted by molar-refractivity contribution is 6.31. The molecule has 0 amide bonds. The minimum atomic E-state index is 0.260. The highest BCUT2D eigenvalue weighted by Gasteiger charge is 2.33. The standard InChI is InChI=1S/C13H19ClN2O/c1-16(12(7-15)9-5-6-9)8-10-11(14)3-2-4-13(10)17/h2-4,9,12,17H,5-8,15H2,1H3. The predicted octanol–water partition coefficient (Wildman–Crippen LogP) is 2.21. The quantitative estimate of drug-likeness (QED) is 0.847. The van der Waals surface area contributed by atoms with Crippen molar-refractivity contribution in [3.63, 3.8) is 0 Å². The van der Waals surface area contributed by atoms with Gasteiger partial charge in [0.1, 0.15) is 5.75 Å². The molecular formula is C13H19ClN2O. The van der Waals surface area contributed by atoms with Crippen molar-refractivity contribution in [2.75, 3.05) is 13.6 Å². The molecule has 1 aromatic rings. The Kier molecular flexibility index (Phi) is 3.92. The summed E-state index contributed by atoms with van der Waals surface area (Å²) in [4.78, 5) is 2.19. The van der Waals surface area contributed by atoms with Crippen LogP contribution in [0.1, 0.15) is 18.4 Å². The molecule has 1 unspecified atom stereocenters. The van der Waals surface area contributed by atoms with Crippen LogP contribution in [0.25, 0.3) is 0 Å². The highest BCUT2D eigenvalue weighted by atomic mass is 35.5. The largest absolute Gasteiger partial charge is 0.508 e. The molecule has 0 saturated heterocycles. The number of hydrogen-bond acceptors (Lipinski definition) is 3. The second-order valence-corrected chi connectivity index (χ2v) is 5.20. The fourth-order valence-corrected chi connectivity index (χ4v) is 2.51. The third kappa shape index (κ3) is 2.92. The molecule has 0 spiro atoms. The Hall–Kier alpha value is -0.770. The van der Waals surface area contributed by atoms with Crippen LogP contribution in [0.5, 0.6) is 5.75 Å². The molecule has 4 heteroatoms. The van der Waals surface area contributed by atoms with Gasteiger partial charge in [-0.15, -0.1) is 0 Å². The number of aromatic hydroxyl groups is 1. The molecule has 3 nitrogen and oxygen atoms in total. The monoisotopic (exact) mass is 254 g/mol. The normalized spacial score (nSPS) is 17.4. The molecule has 1 aromatic carbocycles. The highest BCUT2D eigenvalue weighted by Crippen LogP contribution is 2.36. The molecule has 3 N–H and O–H groups in total. The summed E-state index contributed by atoms with van der Waals surface area (Å²) < 4.78 is 0. The van der Waals surface area contributed by atoms with E-state index in [0.717, 1.165) is 11.5 Å². The van der Waals surface area contributed by atoms with E-state index >= 15 is 0 Å². The van der Waals surface area contributed by atoms with Crippen LogP contribution in [0.2, 0.25) is 5.02 Å². The van der Waals surface area contributed by atoms with Crippen molar-refractivity contribution in [3.05, 3.63) is 28.8 Å². The van der Waals surface area contributed by atoms with E-state index in [1.807, 2.05) is 7.05 Å². The molecule has 1 aliphatic rings. The zero-order valence-electron chi connectivity index (χ0n) is 10.1. The summed E-state index contributed by atoms with van der Waals surface area (Å²) in [5, 5.41) is 10.4. The summed E-state index contributed by atoms with van der Waals surface area (Å²) in [7, 11) is 2.04. The Labute approximate surface area is 107 Å². The van der Waals surface area contributed by atoms with Gasteiger partial charge in [0.25, 0.3) is 0 Å². The van der Waals surface area contributed by atoms with E-state index in [4.69, 9.17) is 17.3 Å². The first-order valence-electron chi connectivity index (χ1n) is 6.00. The first-order valence-corrected chi connectivity index (χ1v) is 6.38. The Morgan fingerprint density at radius 3 is 2.76 bits per heavy atom. The number of rotatable bonds is 5. The van der Waals surface area contributed by atoms with Crippen molar-refractivity contribution in [2.45, 2.75) is 25.4 Å². The molecule has 0 bridgehead atoms. The van der Waals surface area contributed by atoms with E-state index in [2.05, 4.69) is 4.90 Å². The van der Waals surface area contributed by atoms with Crippen molar-refractivity contribution >= 4 is 11.6 Å². The van der Waals surface area contributed by atoms with Gasteiger partial charge in [-0.25, -0.2) is 0 Å². The predicted molar refractivity (Wildman–Crippen MR) is 70.2 cm³/mol. The zero-order chi connectivity index (χ0) is 12.4. The van der Waals surface area contributed by atoms with Gasteiger partial charge in [-0.2, -0.15) is 0 Å². The fourth-order valence-electron chi connectivity index (χ4n) is 2.28. The summed E-state index contributed by atoms with van der Waals surface area (Å²) in [5.74, 6) is 0.977. The number of nitrogens with two attached hydrogens (primary N) is 1. The Morgan fingerprint density at radius 1 is 1.53 bits per heavy atom. The maximum atomic E-state index is 9.81. The van der Waals surface area contributed by atoms with Gasteiger partial charge < -0.3 is 10.8 Å². The smallest absolute Gasteiger partial charge is 0.121 e. The number of benzene rings is 1. The van der Waals surface area contributed by atoms with E-state index in [1.54, 1.807) is 18.2 Å². The van der Waals surface area contributed by atoms with Gasteiger partial charge in [0, 0.05) is 29.7 Å². The van der Waals surface area contributed by atoms with Crippen LogP contribution < -0.4 is 5.73 Å². The number of hydrogen-bond donors (Lipinski definition) is 2. The number of halogens is 1. The van der Waals surface area contributed by atoms with Crippen molar-refractivity contribution in [1.29, 1.82) is 0 Å². The van der Waals surface area contributed by atoms with Gasteiger partial charge >= 0.3 is 0 Å². The molecule has 0 aliphatic heterocycles. The maximum absolute atomic E-state index is 9.81. The summed E-state index contributed by atoms with van der Waals surface area (Å²) >= 11 is 6.10. The van der Waals surface area contributed by atoms with Crippen LogP contribution in [0.4, 0.5) is 0 Å². The summed E-state index contributed by atoms with van der Waals surface area (Å²) in [6.07, 6.45) is 2.53. The fraction of sp³-hybridized carbons (Fsp3) is 0.538. The molecule has 1 atom stereocenters. The van der Waals surface area contributed by atoms with Crippen LogP contribution in [0, 0.1) is 5.92 Å². The molecule has 0 radical (unpaired) electrons. The van der Waals surface area contributed by atoms with Crippen LogP contribution in [0.15, 0.2) is 18.2 Å². The summed E-state index contributed by atoms with van der Waals surface area (Å²) in [6, 6.07) is 5.62. The second kappa shape index (κ2) is 5.25. The number of phenolic OH excluding ortho intramolecular Hbond substituents is 1. The average Bonchev–Trinajstić information content (AvgIpc) is 3.09. The van der Waals surface area contributed by atoms with Crippen molar-refractivity contribution in [1.82, 2.24) is 4.90 Å². The third-order valence-corrected chi connectivity index (χ3v) is 3.83. The number of phenols is 1. The zero-order valence-corrected chi connectivity index (χ0v) is 10.8. The van der Waals surface area contributed by atoms with Gasteiger partial charge in [0.15, 0.2) is 0 Å². The first-order chi connectivity index (χ1) is 8.13. The van der Waals surface area contributed by atoms with Crippen LogP contribution in [-0.2, 0) is 6.54 Å². The van der Waals surface area contributed by atoms with Crippen LogP contribution in [-0.4, -0.2) is 29.6 Å². The molecule has 94 valence electrons. The molecule has 0 aromatic heterocycles. The Balaban J connectivity index is 2.08. The topological polar surface area (TPSA) is 49.5 Å². The lowest BCUT2D eigenvalue weighted by Crippen LogP contribution is -2.39. The van der Waals surface area contributed by atoms with E-state index in [1.165, 1.54) is 12.8 Å². The Bertz CT molecular complexity index is 373. The van der Waals surface area contributed by atoms with Gasteiger partial charge in [-0.3, -0.25) is 4.90 Å².